The molecule has 13 heteroatoms. The number of methoxy groups -OCH3 is 2. The van der Waals surface area contributed by atoms with Crippen LogP contribution in [0.25, 0.3) is 0 Å². The van der Waals surface area contributed by atoms with Crippen molar-refractivity contribution < 1.29 is 35.9 Å². The fourth-order valence-corrected chi connectivity index (χ4v) is 4.69. The smallest absolute Gasteiger partial charge is 0.417 e. The van der Waals surface area contributed by atoms with E-state index in [0.717, 1.165) is 19.2 Å². The average Bonchev–Trinajstić information content (AvgIpc) is 2.81. The fourth-order valence-electron chi connectivity index (χ4n) is 3.14. The molecule has 3 rings (SSSR count). The van der Waals surface area contributed by atoms with Crippen molar-refractivity contribution >= 4 is 39.0 Å². The molecule has 0 saturated carbocycles. The van der Waals surface area contributed by atoms with E-state index in [4.69, 9.17) is 32.7 Å². The lowest BCUT2D eigenvalue weighted by Crippen LogP contribution is -2.31. The van der Waals surface area contributed by atoms with Gasteiger partial charge in [0.15, 0.2) is 0 Å². The van der Waals surface area contributed by atoms with E-state index in [-0.39, 0.29) is 27.6 Å². The molecule has 0 bridgehead atoms. The molecule has 186 valence electrons. The third-order valence-corrected chi connectivity index (χ3v) is 6.72. The van der Waals surface area contributed by atoms with Gasteiger partial charge >= 0.3 is 6.18 Å². The number of rotatable bonds is 8. The lowest BCUT2D eigenvalue weighted by atomic mass is 10.0. The van der Waals surface area contributed by atoms with Gasteiger partial charge in [-0.1, -0.05) is 35.3 Å². The summed E-state index contributed by atoms with van der Waals surface area (Å²) in [5.74, 6) is -0.378. The summed E-state index contributed by atoms with van der Waals surface area (Å²) in [7, 11) is -2.09. The fraction of sp³-hybridized carbons (Fsp3) is 0.182. The summed E-state index contributed by atoms with van der Waals surface area (Å²) in [5.41, 5.74) is -1.46. The standard InChI is InChI=1S/C22H17Cl2F3N2O5S/c1-33-18-6-4-3-5-14(18)20(30)19-15(9-12(23)11-28-19)21(34-2)29-35(31,32)13-7-8-17(24)16(10-13)22(25,26)27/h3-11,21,29H,1-2H3. The minimum atomic E-state index is -4.88. The molecular weight excluding hydrogens is 532 g/mol. The summed E-state index contributed by atoms with van der Waals surface area (Å²) >= 11 is 11.6. The van der Waals surface area contributed by atoms with Crippen molar-refractivity contribution in [3.8, 4) is 5.75 Å². The van der Waals surface area contributed by atoms with E-state index in [1.807, 2.05) is 0 Å². The van der Waals surface area contributed by atoms with E-state index >= 15 is 0 Å². The summed E-state index contributed by atoms with van der Waals surface area (Å²) in [4.78, 5) is 16.6. The van der Waals surface area contributed by atoms with E-state index in [1.54, 1.807) is 18.2 Å². The molecule has 0 amide bonds. The number of para-hydroxylation sites is 1. The van der Waals surface area contributed by atoms with Crippen LogP contribution in [0.4, 0.5) is 13.2 Å². The highest BCUT2D eigenvalue weighted by Gasteiger charge is 2.35. The number of alkyl halides is 3. The number of sulfonamides is 1. The number of hydrogen-bond acceptors (Lipinski definition) is 6. The van der Waals surface area contributed by atoms with Gasteiger partial charge in [-0.2, -0.15) is 17.9 Å². The first-order valence-corrected chi connectivity index (χ1v) is 11.9. The first-order chi connectivity index (χ1) is 16.4. The molecule has 1 N–H and O–H groups in total. The number of nitrogens with one attached hydrogen (secondary N) is 1. The number of halogens is 5. The van der Waals surface area contributed by atoms with Crippen LogP contribution in [0.15, 0.2) is 59.6 Å². The number of ketones is 1. The van der Waals surface area contributed by atoms with Gasteiger partial charge in [0.1, 0.15) is 17.7 Å². The largest absolute Gasteiger partial charge is 0.496 e. The Bertz CT molecular complexity index is 1370. The topological polar surface area (TPSA) is 94.6 Å². The van der Waals surface area contributed by atoms with Crippen LogP contribution in [-0.2, 0) is 20.9 Å². The zero-order chi connectivity index (χ0) is 26.0. The molecule has 3 aromatic rings. The average molecular weight is 549 g/mol. The van der Waals surface area contributed by atoms with Crippen LogP contribution >= 0.6 is 23.2 Å². The predicted molar refractivity (Wildman–Crippen MR) is 122 cm³/mol. The van der Waals surface area contributed by atoms with Crippen LogP contribution < -0.4 is 9.46 Å². The Balaban J connectivity index is 2.05. The molecule has 7 nitrogen and oxygen atoms in total. The predicted octanol–water partition coefficient (Wildman–Crippen LogP) is 5.27. The number of carbonyl (C=O) groups is 1. The Morgan fingerprint density at radius 1 is 1.09 bits per heavy atom. The zero-order valence-corrected chi connectivity index (χ0v) is 20.4. The van der Waals surface area contributed by atoms with Gasteiger partial charge in [-0.15, -0.1) is 0 Å². The molecule has 0 aliphatic rings. The normalized spacial score (nSPS) is 12.9. The lowest BCUT2D eigenvalue weighted by molar-refractivity contribution is -0.137. The molecule has 1 unspecified atom stereocenters. The number of ether oxygens (including phenoxy) is 2. The van der Waals surface area contributed by atoms with Crippen molar-refractivity contribution in [2.75, 3.05) is 14.2 Å². The maximum absolute atomic E-state index is 13.2. The third kappa shape index (κ3) is 5.93. The van der Waals surface area contributed by atoms with Crippen molar-refractivity contribution in [2.24, 2.45) is 0 Å². The Kier molecular flexibility index (Phi) is 8.07. The molecule has 0 saturated heterocycles. The highest BCUT2D eigenvalue weighted by Crippen LogP contribution is 2.36. The van der Waals surface area contributed by atoms with Crippen LogP contribution in [0.2, 0.25) is 10.0 Å². The van der Waals surface area contributed by atoms with Gasteiger partial charge in [0.25, 0.3) is 0 Å². The van der Waals surface area contributed by atoms with Gasteiger partial charge in [0, 0.05) is 18.9 Å². The summed E-state index contributed by atoms with van der Waals surface area (Å²) in [6, 6.07) is 9.67. The molecule has 0 radical (unpaired) electrons. The molecule has 0 aliphatic carbocycles. The summed E-state index contributed by atoms with van der Waals surface area (Å²) in [5, 5.41) is -0.604. The number of aromatic nitrogens is 1. The number of hydrogen-bond donors (Lipinski definition) is 1. The maximum atomic E-state index is 13.2. The van der Waals surface area contributed by atoms with Gasteiger partial charge in [0.05, 0.1) is 33.2 Å². The van der Waals surface area contributed by atoms with Crippen molar-refractivity contribution in [3.63, 3.8) is 0 Å². The Morgan fingerprint density at radius 2 is 1.77 bits per heavy atom. The Labute approximate surface area is 208 Å². The van der Waals surface area contributed by atoms with Gasteiger partial charge in [-0.25, -0.2) is 8.42 Å². The second kappa shape index (κ2) is 10.5. The van der Waals surface area contributed by atoms with Crippen molar-refractivity contribution in [3.05, 3.63) is 87.2 Å². The number of nitrogens with zero attached hydrogens (tertiary/aromatic N) is 1. The second-order valence-electron chi connectivity index (χ2n) is 7.00. The summed E-state index contributed by atoms with van der Waals surface area (Å²) in [6.07, 6.45) is -5.23. The van der Waals surface area contributed by atoms with Crippen molar-refractivity contribution in [2.45, 2.75) is 17.3 Å². The quantitative estimate of drug-likeness (QED) is 0.304. The van der Waals surface area contributed by atoms with Crippen LogP contribution in [-0.4, -0.2) is 33.4 Å². The second-order valence-corrected chi connectivity index (χ2v) is 9.55. The molecule has 0 aliphatic heterocycles. The first-order valence-electron chi connectivity index (χ1n) is 9.64. The SMILES string of the molecule is COc1ccccc1C(=O)c1ncc(Cl)cc1C(NS(=O)(=O)c1ccc(Cl)c(C(F)(F)F)c1)OC. The monoisotopic (exact) mass is 548 g/mol. The van der Waals surface area contributed by atoms with E-state index in [1.165, 1.54) is 25.4 Å². The van der Waals surface area contributed by atoms with Crippen LogP contribution in [0.1, 0.15) is 33.4 Å². The van der Waals surface area contributed by atoms with E-state index in [0.29, 0.717) is 6.07 Å². The minimum Gasteiger partial charge on any atom is -0.496 e. The van der Waals surface area contributed by atoms with Gasteiger partial charge < -0.3 is 9.47 Å². The maximum Gasteiger partial charge on any atom is 0.417 e. The Hall–Kier alpha value is -2.70. The van der Waals surface area contributed by atoms with Crippen LogP contribution in [0.3, 0.4) is 0 Å². The van der Waals surface area contributed by atoms with Gasteiger partial charge in [-0.3, -0.25) is 9.78 Å². The third-order valence-electron chi connectivity index (χ3n) is 4.78. The molecular formula is C22H17Cl2F3N2O5S. The molecule has 0 fully saturated rings. The molecule has 0 spiro atoms. The number of benzene rings is 2. The minimum absolute atomic E-state index is 0.0590. The molecule has 1 heterocycles. The van der Waals surface area contributed by atoms with Gasteiger partial charge in [-0.05, 0) is 36.4 Å². The van der Waals surface area contributed by atoms with Crippen molar-refractivity contribution in [1.29, 1.82) is 0 Å². The molecule has 1 atom stereocenters. The number of carbonyl (C=O) groups excluding carboxylic acids is 1. The Morgan fingerprint density at radius 3 is 2.40 bits per heavy atom. The zero-order valence-electron chi connectivity index (χ0n) is 18.1. The molecule has 1 aromatic heterocycles. The van der Waals surface area contributed by atoms with Gasteiger partial charge in [0.2, 0.25) is 15.8 Å². The van der Waals surface area contributed by atoms with E-state index in [9.17, 15) is 26.4 Å². The van der Waals surface area contributed by atoms with Crippen LogP contribution in [0.5, 0.6) is 5.75 Å². The summed E-state index contributed by atoms with van der Waals surface area (Å²) in [6.45, 7) is 0. The highest BCUT2D eigenvalue weighted by atomic mass is 35.5. The van der Waals surface area contributed by atoms with Crippen molar-refractivity contribution in [1.82, 2.24) is 9.71 Å². The highest BCUT2D eigenvalue weighted by molar-refractivity contribution is 7.89. The van der Waals surface area contributed by atoms with E-state index < -0.39 is 43.7 Å². The summed E-state index contributed by atoms with van der Waals surface area (Å²) < 4.78 is 78.1. The first kappa shape index (κ1) is 26.9. The molecule has 2 aromatic carbocycles. The van der Waals surface area contributed by atoms with E-state index in [2.05, 4.69) is 9.71 Å². The molecule has 35 heavy (non-hydrogen) atoms. The van der Waals surface area contributed by atoms with Crippen LogP contribution in [0, 0.1) is 0 Å². The lowest BCUT2D eigenvalue weighted by Gasteiger charge is -2.21. The number of pyridine rings is 1.